The van der Waals surface area contributed by atoms with Crippen molar-refractivity contribution in [1.29, 1.82) is 0 Å². The number of amides is 1. The van der Waals surface area contributed by atoms with Crippen LogP contribution in [0.4, 0.5) is 0 Å². The molecule has 2 aliphatic heterocycles. The largest absolute Gasteiger partial charge is 0.357 e. The monoisotopic (exact) mass is 368 g/mol. The van der Waals surface area contributed by atoms with E-state index in [2.05, 4.69) is 29.8 Å². The highest BCUT2D eigenvalue weighted by molar-refractivity contribution is 5.80. The minimum absolute atomic E-state index is 0.189. The summed E-state index contributed by atoms with van der Waals surface area (Å²) in [6.45, 7) is 11.4. The van der Waals surface area contributed by atoms with Gasteiger partial charge in [0.25, 0.3) is 0 Å². The molecule has 0 saturated carbocycles. The normalized spacial score (nSPS) is 27.2. The molecule has 1 N–H and O–H groups in total. The van der Waals surface area contributed by atoms with Gasteiger partial charge in [0.15, 0.2) is 0 Å². The Hall–Kier alpha value is -1.88. The zero-order chi connectivity index (χ0) is 19.0. The standard InChI is InChI=1S/C22H32N4O/c1-15-10-16(2)12-25(11-15)14-19-21(24-20-7-4-8-23-22(19)20)18-6-5-9-26(13-18)17(3)27/h4,7-8,15-16,18,24H,5-6,9-14H2,1-3H3. The Balaban J connectivity index is 1.66. The molecule has 0 spiro atoms. The maximum absolute atomic E-state index is 11.9. The van der Waals surface area contributed by atoms with Gasteiger partial charge in [0, 0.05) is 63.0 Å². The van der Waals surface area contributed by atoms with Crippen LogP contribution in [0.2, 0.25) is 0 Å². The number of carbonyl (C=O) groups is 1. The summed E-state index contributed by atoms with van der Waals surface area (Å²) in [5.41, 5.74) is 4.89. The second kappa shape index (κ2) is 7.63. The second-order valence-electron chi connectivity index (χ2n) is 8.86. The van der Waals surface area contributed by atoms with Gasteiger partial charge in [-0.25, -0.2) is 0 Å². The SMILES string of the molecule is CC(=O)N1CCCC(c2[nH]c3cccnc3c2CN2CC(C)CC(C)C2)C1. The number of piperidine rings is 2. The van der Waals surface area contributed by atoms with Crippen molar-refractivity contribution >= 4 is 16.9 Å². The van der Waals surface area contributed by atoms with E-state index in [9.17, 15) is 4.79 Å². The van der Waals surface area contributed by atoms with E-state index >= 15 is 0 Å². The highest BCUT2D eigenvalue weighted by atomic mass is 16.2. The van der Waals surface area contributed by atoms with Crippen LogP contribution in [0.25, 0.3) is 11.0 Å². The van der Waals surface area contributed by atoms with Gasteiger partial charge in [0.05, 0.1) is 11.0 Å². The summed E-state index contributed by atoms with van der Waals surface area (Å²) < 4.78 is 0. The van der Waals surface area contributed by atoms with Crippen molar-refractivity contribution in [2.75, 3.05) is 26.2 Å². The van der Waals surface area contributed by atoms with Gasteiger partial charge in [-0.2, -0.15) is 0 Å². The van der Waals surface area contributed by atoms with Crippen LogP contribution >= 0.6 is 0 Å². The fourth-order valence-corrected chi connectivity index (χ4v) is 5.25. The maximum atomic E-state index is 11.9. The van der Waals surface area contributed by atoms with Crippen LogP contribution < -0.4 is 0 Å². The van der Waals surface area contributed by atoms with E-state index in [-0.39, 0.29) is 5.91 Å². The number of aromatic amines is 1. The van der Waals surface area contributed by atoms with Crippen molar-refractivity contribution in [3.05, 3.63) is 29.6 Å². The molecule has 2 fully saturated rings. The minimum Gasteiger partial charge on any atom is -0.357 e. The van der Waals surface area contributed by atoms with Crippen LogP contribution in [0, 0.1) is 11.8 Å². The van der Waals surface area contributed by atoms with Crippen molar-refractivity contribution in [2.45, 2.75) is 52.5 Å². The number of aromatic nitrogens is 2. The number of nitrogens with one attached hydrogen (secondary N) is 1. The Labute approximate surface area is 162 Å². The quantitative estimate of drug-likeness (QED) is 0.897. The summed E-state index contributed by atoms with van der Waals surface area (Å²) in [6.07, 6.45) is 5.43. The third-order valence-electron chi connectivity index (χ3n) is 6.29. The lowest BCUT2D eigenvalue weighted by Crippen LogP contribution is -2.39. The van der Waals surface area contributed by atoms with Crippen LogP contribution in [0.1, 0.15) is 57.2 Å². The molecule has 2 aromatic rings. The Morgan fingerprint density at radius 3 is 2.78 bits per heavy atom. The number of fused-ring (bicyclic) bond motifs is 1. The van der Waals surface area contributed by atoms with Crippen LogP contribution in [-0.2, 0) is 11.3 Å². The highest BCUT2D eigenvalue weighted by Crippen LogP contribution is 2.34. The molecular formula is C22H32N4O. The number of pyridine rings is 1. The predicted octanol–water partition coefficient (Wildman–Crippen LogP) is 3.77. The van der Waals surface area contributed by atoms with E-state index in [4.69, 9.17) is 4.98 Å². The fourth-order valence-electron chi connectivity index (χ4n) is 5.25. The Kier molecular flexibility index (Phi) is 5.22. The number of likely N-dealkylation sites (tertiary alicyclic amines) is 2. The number of nitrogens with zero attached hydrogens (tertiary/aromatic N) is 3. The van der Waals surface area contributed by atoms with Crippen LogP contribution in [-0.4, -0.2) is 51.9 Å². The second-order valence-corrected chi connectivity index (χ2v) is 8.86. The van der Waals surface area contributed by atoms with Gasteiger partial charge in [-0.15, -0.1) is 0 Å². The first kappa shape index (κ1) is 18.5. The predicted molar refractivity (Wildman–Crippen MR) is 109 cm³/mol. The van der Waals surface area contributed by atoms with Crippen molar-refractivity contribution in [3.63, 3.8) is 0 Å². The average Bonchev–Trinajstić information content (AvgIpc) is 3.00. The molecule has 5 nitrogen and oxygen atoms in total. The summed E-state index contributed by atoms with van der Waals surface area (Å²) in [5.74, 6) is 2.07. The molecular weight excluding hydrogens is 336 g/mol. The van der Waals surface area contributed by atoms with Gasteiger partial charge < -0.3 is 9.88 Å². The molecule has 0 bridgehead atoms. The minimum atomic E-state index is 0.189. The summed E-state index contributed by atoms with van der Waals surface area (Å²) in [4.78, 5) is 24.9. The van der Waals surface area contributed by atoms with E-state index in [0.717, 1.165) is 68.4 Å². The molecule has 3 atom stereocenters. The van der Waals surface area contributed by atoms with Gasteiger partial charge in [-0.3, -0.25) is 14.7 Å². The lowest BCUT2D eigenvalue weighted by Gasteiger charge is -2.36. The first-order valence-electron chi connectivity index (χ1n) is 10.4. The van der Waals surface area contributed by atoms with Gasteiger partial charge in [0.2, 0.25) is 5.91 Å². The molecule has 2 aliphatic rings. The maximum Gasteiger partial charge on any atom is 0.219 e. The number of hydrogen-bond acceptors (Lipinski definition) is 3. The molecule has 5 heteroatoms. The molecule has 2 saturated heterocycles. The summed E-state index contributed by atoms with van der Waals surface area (Å²) in [6, 6.07) is 4.13. The van der Waals surface area contributed by atoms with Gasteiger partial charge >= 0.3 is 0 Å². The molecule has 27 heavy (non-hydrogen) atoms. The molecule has 3 unspecified atom stereocenters. The molecule has 0 radical (unpaired) electrons. The molecule has 4 heterocycles. The number of hydrogen-bond donors (Lipinski definition) is 1. The molecule has 1 amide bonds. The third-order valence-corrected chi connectivity index (χ3v) is 6.29. The topological polar surface area (TPSA) is 52.2 Å². The van der Waals surface area contributed by atoms with Gasteiger partial charge in [-0.1, -0.05) is 13.8 Å². The molecule has 4 rings (SSSR count). The van der Waals surface area contributed by atoms with E-state index in [1.807, 2.05) is 17.2 Å². The van der Waals surface area contributed by atoms with Crippen LogP contribution in [0.15, 0.2) is 18.3 Å². The smallest absolute Gasteiger partial charge is 0.219 e. The molecule has 2 aromatic heterocycles. The summed E-state index contributed by atoms with van der Waals surface area (Å²) in [7, 11) is 0. The Morgan fingerprint density at radius 1 is 1.26 bits per heavy atom. The van der Waals surface area contributed by atoms with Crippen LogP contribution in [0.5, 0.6) is 0 Å². The van der Waals surface area contributed by atoms with Crippen molar-refractivity contribution < 1.29 is 4.79 Å². The summed E-state index contributed by atoms with van der Waals surface area (Å²) in [5, 5.41) is 0. The van der Waals surface area contributed by atoms with E-state index < -0.39 is 0 Å². The van der Waals surface area contributed by atoms with E-state index in [1.54, 1.807) is 6.92 Å². The summed E-state index contributed by atoms with van der Waals surface area (Å²) >= 11 is 0. The molecule has 0 aliphatic carbocycles. The lowest BCUT2D eigenvalue weighted by molar-refractivity contribution is -0.130. The zero-order valence-electron chi connectivity index (χ0n) is 16.9. The van der Waals surface area contributed by atoms with E-state index in [1.165, 1.54) is 17.7 Å². The van der Waals surface area contributed by atoms with Gasteiger partial charge in [-0.05, 0) is 43.2 Å². The van der Waals surface area contributed by atoms with Crippen LogP contribution in [0.3, 0.4) is 0 Å². The van der Waals surface area contributed by atoms with Crippen molar-refractivity contribution in [1.82, 2.24) is 19.8 Å². The molecule has 146 valence electrons. The lowest BCUT2D eigenvalue weighted by atomic mass is 9.90. The fraction of sp³-hybridized carbons (Fsp3) is 0.636. The number of carbonyl (C=O) groups excluding carboxylic acids is 1. The third kappa shape index (κ3) is 3.88. The first-order valence-corrected chi connectivity index (χ1v) is 10.4. The Morgan fingerprint density at radius 2 is 2.04 bits per heavy atom. The van der Waals surface area contributed by atoms with Crippen molar-refractivity contribution in [2.24, 2.45) is 11.8 Å². The average molecular weight is 369 g/mol. The Bertz CT molecular complexity index is 804. The molecule has 0 aromatic carbocycles. The highest BCUT2D eigenvalue weighted by Gasteiger charge is 2.29. The number of rotatable bonds is 3. The van der Waals surface area contributed by atoms with Gasteiger partial charge in [0.1, 0.15) is 0 Å². The van der Waals surface area contributed by atoms with E-state index in [0.29, 0.717) is 5.92 Å². The zero-order valence-corrected chi connectivity index (χ0v) is 16.9. The number of H-pyrrole nitrogens is 1. The first-order chi connectivity index (χ1) is 13.0. The van der Waals surface area contributed by atoms with Crippen molar-refractivity contribution in [3.8, 4) is 0 Å².